The molecule has 0 spiro atoms. The average molecular weight is 264 g/mol. The molecule has 1 N–H and O–H groups in total. The van der Waals surface area contributed by atoms with E-state index >= 15 is 0 Å². The smallest absolute Gasteiger partial charge is 0.307 e. The molecule has 0 aromatic rings. The van der Waals surface area contributed by atoms with Gasteiger partial charge in [0.1, 0.15) is 5.76 Å². The zero-order valence-corrected chi connectivity index (χ0v) is 10.7. The third kappa shape index (κ3) is 1.51. The monoisotopic (exact) mass is 264 g/mol. The van der Waals surface area contributed by atoms with Gasteiger partial charge in [0.2, 0.25) is 0 Å². The molecule has 2 aliphatic carbocycles. The highest BCUT2D eigenvalue weighted by atomic mass is 16.6. The minimum absolute atomic E-state index is 0.0607. The summed E-state index contributed by atoms with van der Waals surface area (Å²) in [5, 5.41) is 9.94. The second-order valence-electron chi connectivity index (χ2n) is 5.32. The average Bonchev–Trinajstić information content (AvgIpc) is 2.42. The van der Waals surface area contributed by atoms with E-state index in [1.807, 2.05) is 12.2 Å². The van der Waals surface area contributed by atoms with Crippen molar-refractivity contribution >= 4 is 11.8 Å². The molecule has 1 fully saturated rings. The van der Waals surface area contributed by atoms with Crippen LogP contribution in [0.15, 0.2) is 24.0 Å². The number of carbonyl (C=O) groups excluding carboxylic acids is 2. The van der Waals surface area contributed by atoms with E-state index in [2.05, 4.69) is 0 Å². The van der Waals surface area contributed by atoms with Gasteiger partial charge in [0.05, 0.1) is 25.6 Å². The van der Waals surface area contributed by atoms with Crippen molar-refractivity contribution in [1.29, 1.82) is 0 Å². The van der Waals surface area contributed by atoms with E-state index in [1.165, 1.54) is 13.2 Å². The van der Waals surface area contributed by atoms with Crippen LogP contribution in [0.5, 0.6) is 0 Å². The van der Waals surface area contributed by atoms with Crippen molar-refractivity contribution < 1.29 is 24.2 Å². The van der Waals surface area contributed by atoms with Crippen molar-refractivity contribution in [2.45, 2.75) is 18.9 Å². The summed E-state index contributed by atoms with van der Waals surface area (Å²) >= 11 is 0. The normalized spacial score (nSPS) is 40.3. The molecule has 4 atom stereocenters. The van der Waals surface area contributed by atoms with Crippen molar-refractivity contribution in [1.82, 2.24) is 0 Å². The Labute approximate surface area is 110 Å². The summed E-state index contributed by atoms with van der Waals surface area (Å²) < 4.78 is 10.6. The second-order valence-corrected chi connectivity index (χ2v) is 5.32. The molecule has 1 heterocycles. The molecule has 19 heavy (non-hydrogen) atoms. The van der Waals surface area contributed by atoms with Gasteiger partial charge in [-0.25, -0.2) is 0 Å². The minimum atomic E-state index is -0.764. The molecule has 5 nitrogen and oxygen atoms in total. The van der Waals surface area contributed by atoms with Crippen LogP contribution in [0.25, 0.3) is 0 Å². The van der Waals surface area contributed by atoms with Crippen LogP contribution in [0.4, 0.5) is 0 Å². The van der Waals surface area contributed by atoms with Gasteiger partial charge < -0.3 is 14.6 Å². The van der Waals surface area contributed by atoms with Crippen molar-refractivity contribution in [3.8, 4) is 0 Å². The zero-order valence-electron chi connectivity index (χ0n) is 10.7. The zero-order chi connectivity index (χ0) is 13.6. The summed E-state index contributed by atoms with van der Waals surface area (Å²) in [4.78, 5) is 23.9. The van der Waals surface area contributed by atoms with Crippen LogP contribution in [0.1, 0.15) is 12.8 Å². The Balaban J connectivity index is 2.17. The van der Waals surface area contributed by atoms with Gasteiger partial charge in [-0.2, -0.15) is 0 Å². The van der Waals surface area contributed by atoms with Gasteiger partial charge in [0, 0.05) is 12.0 Å². The molecule has 0 amide bonds. The van der Waals surface area contributed by atoms with Gasteiger partial charge in [0.25, 0.3) is 0 Å². The molecule has 3 rings (SSSR count). The number of allylic oxidation sites excluding steroid dienone is 3. The molecule has 0 saturated carbocycles. The molecule has 0 aromatic heterocycles. The number of esters is 1. The van der Waals surface area contributed by atoms with E-state index in [9.17, 15) is 14.7 Å². The number of aliphatic hydroxyl groups excluding tert-OH is 1. The summed E-state index contributed by atoms with van der Waals surface area (Å²) in [6, 6.07) is 0. The first-order chi connectivity index (χ1) is 9.13. The lowest BCUT2D eigenvalue weighted by molar-refractivity contribution is -0.190. The standard InChI is InChI=1S/C14H16O5/c1-18-11-6-10(16)9-4-2-3-8-5-12(17)19-13(11)14(8,9)7-15/h2-3,6,8-9,13,15H,4-5,7H2,1H3/t8-,9-,13+,14-/m0/s1. The highest BCUT2D eigenvalue weighted by Gasteiger charge is 2.61. The Morgan fingerprint density at radius 1 is 1.53 bits per heavy atom. The Hall–Kier alpha value is -1.62. The maximum atomic E-state index is 12.2. The van der Waals surface area contributed by atoms with Crippen LogP contribution in [0, 0.1) is 17.3 Å². The van der Waals surface area contributed by atoms with E-state index in [0.717, 1.165) is 0 Å². The van der Waals surface area contributed by atoms with Crippen molar-refractivity contribution in [3.05, 3.63) is 24.0 Å². The Morgan fingerprint density at radius 2 is 2.32 bits per heavy atom. The van der Waals surface area contributed by atoms with Gasteiger partial charge in [-0.3, -0.25) is 9.59 Å². The summed E-state index contributed by atoms with van der Waals surface area (Å²) in [6.07, 6.45) is 5.35. The molecule has 3 aliphatic rings. The van der Waals surface area contributed by atoms with Crippen LogP contribution in [-0.4, -0.2) is 36.7 Å². The molecular weight excluding hydrogens is 248 g/mol. The molecule has 1 aliphatic heterocycles. The largest absolute Gasteiger partial charge is 0.497 e. The number of carbonyl (C=O) groups is 2. The Kier molecular flexibility index (Phi) is 2.74. The Morgan fingerprint density at radius 3 is 3.00 bits per heavy atom. The molecule has 1 saturated heterocycles. The first kappa shape index (κ1) is 12.4. The molecule has 0 unspecified atom stereocenters. The minimum Gasteiger partial charge on any atom is -0.497 e. The second kappa shape index (κ2) is 4.20. The number of hydrogen-bond donors (Lipinski definition) is 1. The summed E-state index contributed by atoms with van der Waals surface area (Å²) in [7, 11) is 1.45. The number of rotatable bonds is 2. The van der Waals surface area contributed by atoms with Crippen LogP contribution in [-0.2, 0) is 19.1 Å². The summed E-state index contributed by atoms with van der Waals surface area (Å²) in [6.45, 7) is -0.197. The maximum Gasteiger partial charge on any atom is 0.307 e. The molecule has 5 heteroatoms. The summed E-state index contributed by atoms with van der Waals surface area (Å²) in [5.74, 6) is -0.561. The number of ether oxygens (including phenoxy) is 2. The molecule has 0 bridgehead atoms. The highest BCUT2D eigenvalue weighted by molar-refractivity contribution is 5.95. The number of ketones is 1. The highest BCUT2D eigenvalue weighted by Crippen LogP contribution is 2.54. The molecule has 0 aromatic carbocycles. The fourth-order valence-electron chi connectivity index (χ4n) is 3.64. The fourth-order valence-corrected chi connectivity index (χ4v) is 3.64. The third-order valence-electron chi connectivity index (χ3n) is 4.60. The van der Waals surface area contributed by atoms with Crippen molar-refractivity contribution in [2.24, 2.45) is 17.3 Å². The lowest BCUT2D eigenvalue weighted by Gasteiger charge is -2.53. The number of hydrogen-bond acceptors (Lipinski definition) is 5. The predicted octanol–water partition coefficient (Wildman–Crippen LogP) is 0.586. The van der Waals surface area contributed by atoms with E-state index in [0.29, 0.717) is 12.2 Å². The van der Waals surface area contributed by atoms with Gasteiger partial charge >= 0.3 is 5.97 Å². The Bertz CT molecular complexity index is 492. The van der Waals surface area contributed by atoms with Crippen LogP contribution in [0.2, 0.25) is 0 Å². The molecular formula is C14H16O5. The molecule has 102 valence electrons. The quantitative estimate of drug-likeness (QED) is 0.583. The summed E-state index contributed by atoms with van der Waals surface area (Å²) in [5.41, 5.74) is -0.764. The van der Waals surface area contributed by atoms with Crippen molar-refractivity contribution in [2.75, 3.05) is 13.7 Å². The van der Waals surface area contributed by atoms with E-state index < -0.39 is 11.5 Å². The number of methoxy groups -OCH3 is 1. The topological polar surface area (TPSA) is 72.8 Å². The lowest BCUT2D eigenvalue weighted by Crippen LogP contribution is -2.60. The molecule has 0 radical (unpaired) electrons. The maximum absolute atomic E-state index is 12.2. The van der Waals surface area contributed by atoms with E-state index in [1.54, 1.807) is 0 Å². The predicted molar refractivity (Wildman–Crippen MR) is 64.9 cm³/mol. The SMILES string of the molecule is COC1=CC(=O)[C@@H]2CC=C[C@H]3CC(=O)O[C@H]1[C@@]32CO. The first-order valence-corrected chi connectivity index (χ1v) is 6.40. The van der Waals surface area contributed by atoms with Crippen LogP contribution < -0.4 is 0 Å². The van der Waals surface area contributed by atoms with Crippen LogP contribution >= 0.6 is 0 Å². The van der Waals surface area contributed by atoms with Crippen molar-refractivity contribution in [3.63, 3.8) is 0 Å². The lowest BCUT2D eigenvalue weighted by atomic mass is 9.54. The fraction of sp³-hybridized carbons (Fsp3) is 0.571. The number of aliphatic hydroxyl groups is 1. The van der Waals surface area contributed by atoms with E-state index in [-0.39, 0.29) is 36.6 Å². The van der Waals surface area contributed by atoms with Crippen LogP contribution in [0.3, 0.4) is 0 Å². The van der Waals surface area contributed by atoms with Gasteiger partial charge in [-0.05, 0) is 12.3 Å². The van der Waals surface area contributed by atoms with E-state index in [4.69, 9.17) is 9.47 Å². The third-order valence-corrected chi connectivity index (χ3v) is 4.60. The van der Waals surface area contributed by atoms with Gasteiger partial charge in [-0.1, -0.05) is 12.2 Å². The van der Waals surface area contributed by atoms with Gasteiger partial charge in [-0.15, -0.1) is 0 Å². The van der Waals surface area contributed by atoms with Gasteiger partial charge in [0.15, 0.2) is 11.9 Å². The first-order valence-electron chi connectivity index (χ1n) is 6.40.